The van der Waals surface area contributed by atoms with Gasteiger partial charge in [0.2, 0.25) is 0 Å². The van der Waals surface area contributed by atoms with Crippen LogP contribution in [0.15, 0.2) is 48.5 Å². The Bertz CT molecular complexity index is 625. The fourth-order valence-electron chi connectivity index (χ4n) is 3.09. The molecule has 0 unspecified atom stereocenters. The molecule has 2 aliphatic carbocycles. The van der Waals surface area contributed by atoms with Crippen LogP contribution < -0.4 is 0 Å². The van der Waals surface area contributed by atoms with E-state index < -0.39 is 0 Å². The highest BCUT2D eigenvalue weighted by Crippen LogP contribution is 2.45. The largest absolute Gasteiger partial charge is 0.452 e. The van der Waals surface area contributed by atoms with Crippen molar-refractivity contribution >= 4 is 5.97 Å². The first-order chi connectivity index (χ1) is 9.84. The van der Waals surface area contributed by atoms with Gasteiger partial charge in [0.15, 0.2) is 6.10 Å². The van der Waals surface area contributed by atoms with Gasteiger partial charge >= 0.3 is 5.97 Å². The van der Waals surface area contributed by atoms with Crippen LogP contribution in [0.3, 0.4) is 0 Å². The Morgan fingerprint density at radius 3 is 1.95 bits per heavy atom. The average molecular weight is 264 g/mol. The third kappa shape index (κ3) is 1.68. The van der Waals surface area contributed by atoms with E-state index in [0.717, 1.165) is 30.4 Å². The van der Waals surface area contributed by atoms with E-state index in [-0.39, 0.29) is 18.0 Å². The Hall–Kier alpha value is -2.09. The van der Waals surface area contributed by atoms with Crippen LogP contribution in [0, 0.1) is 5.92 Å². The molecule has 0 aliphatic heterocycles. The maximum Gasteiger partial charge on any atom is 0.309 e. The number of rotatable bonds is 2. The fraction of sp³-hybridized carbons (Fsp3) is 0.278. The molecule has 4 rings (SSSR count). The van der Waals surface area contributed by atoms with Crippen molar-refractivity contribution in [3.8, 4) is 11.1 Å². The molecule has 0 radical (unpaired) electrons. The number of hydrogen-bond donors (Lipinski definition) is 0. The van der Waals surface area contributed by atoms with Crippen LogP contribution in [0.2, 0.25) is 0 Å². The number of carbonyl (C=O) groups excluding carboxylic acids is 1. The lowest BCUT2D eigenvalue weighted by atomic mass is 9.85. The molecule has 100 valence electrons. The molecule has 0 heterocycles. The normalized spacial score (nSPS) is 17.2. The predicted molar refractivity (Wildman–Crippen MR) is 77.2 cm³/mol. The molecule has 1 saturated carbocycles. The molecular weight excluding hydrogens is 248 g/mol. The molecule has 2 aromatic carbocycles. The van der Waals surface area contributed by atoms with Crippen LogP contribution in [-0.2, 0) is 9.53 Å². The second kappa shape index (κ2) is 4.48. The van der Waals surface area contributed by atoms with Crippen LogP contribution in [0.25, 0.3) is 11.1 Å². The first-order valence-corrected chi connectivity index (χ1v) is 7.23. The summed E-state index contributed by atoms with van der Waals surface area (Å²) in [4.78, 5) is 12.2. The van der Waals surface area contributed by atoms with Crippen LogP contribution in [0.4, 0.5) is 0 Å². The van der Waals surface area contributed by atoms with Gasteiger partial charge in [-0.1, -0.05) is 55.0 Å². The van der Waals surface area contributed by atoms with E-state index in [4.69, 9.17) is 4.74 Å². The number of fused-ring (bicyclic) bond motifs is 3. The number of esters is 1. The van der Waals surface area contributed by atoms with Crippen LogP contribution >= 0.6 is 0 Å². The second-order valence-corrected chi connectivity index (χ2v) is 5.62. The highest BCUT2D eigenvalue weighted by atomic mass is 16.5. The maximum absolute atomic E-state index is 12.2. The van der Waals surface area contributed by atoms with E-state index in [0.29, 0.717) is 0 Å². The zero-order valence-electron chi connectivity index (χ0n) is 11.2. The molecule has 2 aliphatic rings. The van der Waals surface area contributed by atoms with Crippen molar-refractivity contribution in [1.29, 1.82) is 0 Å². The summed E-state index contributed by atoms with van der Waals surface area (Å²) in [6, 6.07) is 16.4. The van der Waals surface area contributed by atoms with Gasteiger partial charge in [-0.2, -0.15) is 0 Å². The molecule has 2 heteroatoms. The SMILES string of the molecule is O=C(OC1c2ccccc2-c2ccccc21)C1CCC1. The lowest BCUT2D eigenvalue weighted by Crippen LogP contribution is -2.25. The summed E-state index contributed by atoms with van der Waals surface area (Å²) in [7, 11) is 0. The highest BCUT2D eigenvalue weighted by molar-refractivity contribution is 5.80. The maximum atomic E-state index is 12.2. The minimum absolute atomic E-state index is 0.0345. The Morgan fingerprint density at radius 2 is 1.45 bits per heavy atom. The Morgan fingerprint density at radius 1 is 0.900 bits per heavy atom. The third-order valence-corrected chi connectivity index (χ3v) is 4.45. The molecule has 0 bridgehead atoms. The van der Waals surface area contributed by atoms with Gasteiger partial charge in [0.05, 0.1) is 5.92 Å². The van der Waals surface area contributed by atoms with Crippen molar-refractivity contribution in [3.05, 3.63) is 59.7 Å². The van der Waals surface area contributed by atoms with E-state index in [9.17, 15) is 4.79 Å². The zero-order valence-corrected chi connectivity index (χ0v) is 11.2. The van der Waals surface area contributed by atoms with Crippen molar-refractivity contribution in [2.75, 3.05) is 0 Å². The fourth-order valence-corrected chi connectivity index (χ4v) is 3.09. The van der Waals surface area contributed by atoms with E-state index in [1.165, 1.54) is 11.1 Å². The molecule has 0 saturated heterocycles. The number of ether oxygens (including phenoxy) is 1. The van der Waals surface area contributed by atoms with E-state index >= 15 is 0 Å². The molecule has 0 atom stereocenters. The topological polar surface area (TPSA) is 26.3 Å². The predicted octanol–water partition coefficient (Wildman–Crippen LogP) is 4.10. The monoisotopic (exact) mass is 264 g/mol. The summed E-state index contributed by atoms with van der Waals surface area (Å²) < 4.78 is 5.83. The molecule has 0 N–H and O–H groups in total. The van der Waals surface area contributed by atoms with Crippen molar-refractivity contribution in [2.45, 2.75) is 25.4 Å². The average Bonchev–Trinajstić information content (AvgIpc) is 2.72. The highest BCUT2D eigenvalue weighted by Gasteiger charge is 2.34. The summed E-state index contributed by atoms with van der Waals surface area (Å²) in [6.07, 6.45) is 2.89. The van der Waals surface area contributed by atoms with Crippen molar-refractivity contribution in [3.63, 3.8) is 0 Å². The number of hydrogen-bond acceptors (Lipinski definition) is 2. The molecule has 0 aromatic heterocycles. The molecule has 2 aromatic rings. The van der Waals surface area contributed by atoms with E-state index in [2.05, 4.69) is 24.3 Å². The lowest BCUT2D eigenvalue weighted by Gasteiger charge is -2.25. The minimum atomic E-state index is -0.226. The quantitative estimate of drug-likeness (QED) is 0.763. The van der Waals surface area contributed by atoms with Crippen LogP contribution in [-0.4, -0.2) is 5.97 Å². The minimum Gasteiger partial charge on any atom is -0.452 e. The van der Waals surface area contributed by atoms with Crippen molar-refractivity contribution < 1.29 is 9.53 Å². The molecule has 2 nitrogen and oxygen atoms in total. The molecule has 0 spiro atoms. The molecular formula is C18H16O2. The first-order valence-electron chi connectivity index (χ1n) is 7.23. The summed E-state index contributed by atoms with van der Waals surface area (Å²) in [5, 5.41) is 0. The van der Waals surface area contributed by atoms with E-state index in [1.807, 2.05) is 24.3 Å². The summed E-state index contributed by atoms with van der Waals surface area (Å²) in [6.45, 7) is 0. The summed E-state index contributed by atoms with van der Waals surface area (Å²) >= 11 is 0. The Labute approximate surface area is 118 Å². The van der Waals surface area contributed by atoms with Gasteiger partial charge in [-0.3, -0.25) is 4.79 Å². The van der Waals surface area contributed by atoms with Gasteiger partial charge in [-0.15, -0.1) is 0 Å². The van der Waals surface area contributed by atoms with Gasteiger partial charge in [0.1, 0.15) is 0 Å². The molecule has 0 amide bonds. The van der Waals surface area contributed by atoms with Gasteiger partial charge < -0.3 is 4.74 Å². The third-order valence-electron chi connectivity index (χ3n) is 4.45. The van der Waals surface area contributed by atoms with Gasteiger partial charge in [-0.05, 0) is 24.0 Å². The van der Waals surface area contributed by atoms with Crippen LogP contribution in [0.1, 0.15) is 36.5 Å². The smallest absolute Gasteiger partial charge is 0.309 e. The Kier molecular flexibility index (Phi) is 2.62. The van der Waals surface area contributed by atoms with Crippen molar-refractivity contribution in [1.82, 2.24) is 0 Å². The second-order valence-electron chi connectivity index (χ2n) is 5.62. The van der Waals surface area contributed by atoms with Gasteiger partial charge in [0, 0.05) is 11.1 Å². The standard InChI is InChI=1S/C18H16O2/c19-18(12-6-5-7-12)20-17-15-10-3-1-8-13(15)14-9-2-4-11-16(14)17/h1-4,8-12,17H,5-7H2. The Balaban J connectivity index is 1.73. The zero-order chi connectivity index (χ0) is 13.5. The first kappa shape index (κ1) is 11.7. The number of carbonyl (C=O) groups is 1. The lowest BCUT2D eigenvalue weighted by molar-refractivity contribution is -0.155. The molecule has 1 fully saturated rings. The van der Waals surface area contributed by atoms with Crippen molar-refractivity contribution in [2.24, 2.45) is 5.92 Å². The van der Waals surface area contributed by atoms with Gasteiger partial charge in [0.25, 0.3) is 0 Å². The van der Waals surface area contributed by atoms with Gasteiger partial charge in [-0.25, -0.2) is 0 Å². The van der Waals surface area contributed by atoms with Crippen LogP contribution in [0.5, 0.6) is 0 Å². The summed E-state index contributed by atoms with van der Waals surface area (Å²) in [5.74, 6) is 0.0858. The van der Waals surface area contributed by atoms with E-state index in [1.54, 1.807) is 0 Å². The summed E-state index contributed by atoms with van der Waals surface area (Å²) in [5.41, 5.74) is 4.60. The number of benzene rings is 2. The molecule has 20 heavy (non-hydrogen) atoms.